The first kappa shape index (κ1) is 21.2. The number of imide groups is 1. The fraction of sp³-hybridized carbons (Fsp3) is 0.304. The van der Waals surface area contributed by atoms with E-state index in [0.717, 1.165) is 16.9 Å². The van der Waals surface area contributed by atoms with Crippen LogP contribution in [0.25, 0.3) is 0 Å². The Morgan fingerprint density at radius 3 is 2.40 bits per heavy atom. The van der Waals surface area contributed by atoms with Crippen molar-refractivity contribution in [2.75, 3.05) is 13.2 Å². The average molecular weight is 408 g/mol. The van der Waals surface area contributed by atoms with Crippen LogP contribution in [0, 0.1) is 5.92 Å². The van der Waals surface area contributed by atoms with Gasteiger partial charge in [0.05, 0.1) is 23.2 Å². The molecule has 0 atom stereocenters. The number of esters is 1. The van der Waals surface area contributed by atoms with Crippen molar-refractivity contribution >= 4 is 23.7 Å². The van der Waals surface area contributed by atoms with Crippen molar-refractivity contribution in [2.24, 2.45) is 5.92 Å². The maximum atomic E-state index is 12.7. The van der Waals surface area contributed by atoms with Gasteiger partial charge in [-0.15, -0.1) is 0 Å². The van der Waals surface area contributed by atoms with Crippen LogP contribution >= 0.6 is 0 Å². The fourth-order valence-electron chi connectivity index (χ4n) is 3.09. The van der Waals surface area contributed by atoms with Crippen LogP contribution in [0.3, 0.4) is 0 Å². The molecule has 1 aliphatic rings. The van der Waals surface area contributed by atoms with Crippen molar-refractivity contribution in [1.82, 2.24) is 10.2 Å². The Kier molecular flexibility index (Phi) is 6.61. The van der Waals surface area contributed by atoms with Gasteiger partial charge >= 0.3 is 5.97 Å². The van der Waals surface area contributed by atoms with Crippen molar-refractivity contribution in [1.29, 1.82) is 0 Å². The molecular formula is C23H24N2O5. The number of hydrogen-bond donors (Lipinski definition) is 1. The minimum absolute atomic E-state index is 0.117. The molecule has 1 heterocycles. The molecule has 0 fully saturated rings. The Bertz CT molecular complexity index is 969. The summed E-state index contributed by atoms with van der Waals surface area (Å²) in [5.74, 6) is -1.51. The van der Waals surface area contributed by atoms with Gasteiger partial charge in [-0.2, -0.15) is 0 Å². The van der Waals surface area contributed by atoms with Gasteiger partial charge in [-0.05, 0) is 36.1 Å². The Balaban J connectivity index is 1.63. The van der Waals surface area contributed by atoms with Crippen LogP contribution in [0.4, 0.5) is 0 Å². The summed E-state index contributed by atoms with van der Waals surface area (Å²) in [6, 6.07) is 13.4. The van der Waals surface area contributed by atoms with Crippen LogP contribution in [0.1, 0.15) is 56.9 Å². The van der Waals surface area contributed by atoms with Gasteiger partial charge in [-0.25, -0.2) is 4.79 Å². The summed E-state index contributed by atoms with van der Waals surface area (Å²) in [7, 11) is 0. The molecule has 1 aliphatic heterocycles. The number of fused-ring (bicyclic) bond motifs is 1. The van der Waals surface area contributed by atoms with Crippen molar-refractivity contribution < 1.29 is 23.9 Å². The molecule has 3 amide bonds. The summed E-state index contributed by atoms with van der Waals surface area (Å²) in [6.45, 7) is 4.37. The second kappa shape index (κ2) is 9.35. The lowest BCUT2D eigenvalue weighted by molar-refractivity contribution is -0.124. The summed E-state index contributed by atoms with van der Waals surface area (Å²) >= 11 is 0. The van der Waals surface area contributed by atoms with Crippen molar-refractivity contribution in [3.8, 4) is 0 Å². The summed E-state index contributed by atoms with van der Waals surface area (Å²) in [5, 5.41) is 2.68. The number of hydrogen-bond acceptors (Lipinski definition) is 5. The number of rotatable bonds is 8. The predicted molar refractivity (Wildman–Crippen MR) is 110 cm³/mol. The lowest BCUT2D eigenvalue weighted by Crippen LogP contribution is -2.30. The van der Waals surface area contributed by atoms with Gasteiger partial charge in [-0.1, -0.05) is 44.2 Å². The standard InChI is InChI=1S/C23H24N2O5/c1-15(2)10-11-24-20(26)14-30-23(29)17-8-9-18-19(12-17)22(28)25(21(18)27)13-16-6-4-3-5-7-16/h3-9,12,15H,10-11,13-14H2,1-2H3,(H,24,26). The van der Waals surface area contributed by atoms with E-state index in [2.05, 4.69) is 5.32 Å². The molecule has 7 heteroatoms. The van der Waals surface area contributed by atoms with Crippen LogP contribution in [-0.2, 0) is 16.1 Å². The van der Waals surface area contributed by atoms with Crippen molar-refractivity contribution in [2.45, 2.75) is 26.8 Å². The third-order valence-corrected chi connectivity index (χ3v) is 4.77. The number of carbonyl (C=O) groups is 4. The number of nitrogens with one attached hydrogen (secondary N) is 1. The topological polar surface area (TPSA) is 92.8 Å². The van der Waals surface area contributed by atoms with Gasteiger partial charge in [0, 0.05) is 6.54 Å². The predicted octanol–water partition coefficient (Wildman–Crippen LogP) is 2.80. The molecule has 0 aliphatic carbocycles. The lowest BCUT2D eigenvalue weighted by atomic mass is 10.1. The Labute approximate surface area is 175 Å². The molecule has 0 spiro atoms. The zero-order valence-electron chi connectivity index (χ0n) is 17.0. The molecular weight excluding hydrogens is 384 g/mol. The normalized spacial score (nSPS) is 12.8. The molecule has 7 nitrogen and oxygen atoms in total. The highest BCUT2D eigenvalue weighted by molar-refractivity contribution is 6.21. The van der Waals surface area contributed by atoms with Crippen LogP contribution in [0.5, 0.6) is 0 Å². The first-order valence-electron chi connectivity index (χ1n) is 9.85. The van der Waals surface area contributed by atoms with E-state index in [1.807, 2.05) is 44.2 Å². The molecule has 2 aromatic carbocycles. The summed E-state index contributed by atoms with van der Waals surface area (Å²) in [4.78, 5) is 50.5. The number of ether oxygens (including phenoxy) is 1. The second-order valence-electron chi connectivity index (χ2n) is 7.55. The van der Waals surface area contributed by atoms with Gasteiger partial charge < -0.3 is 10.1 Å². The Morgan fingerprint density at radius 1 is 1.00 bits per heavy atom. The molecule has 0 bridgehead atoms. The number of amides is 3. The van der Waals surface area contributed by atoms with Crippen molar-refractivity contribution in [3.05, 3.63) is 70.8 Å². The number of carbonyl (C=O) groups excluding carboxylic acids is 4. The molecule has 0 saturated carbocycles. The average Bonchev–Trinajstić information content (AvgIpc) is 2.97. The SMILES string of the molecule is CC(C)CCNC(=O)COC(=O)c1ccc2c(c1)C(=O)N(Cc1ccccc1)C2=O. The highest BCUT2D eigenvalue weighted by Gasteiger charge is 2.36. The molecule has 0 unspecified atom stereocenters. The zero-order valence-corrected chi connectivity index (χ0v) is 17.0. The maximum absolute atomic E-state index is 12.7. The fourth-order valence-corrected chi connectivity index (χ4v) is 3.09. The van der Waals surface area contributed by atoms with E-state index < -0.39 is 24.4 Å². The van der Waals surface area contributed by atoms with E-state index in [0.29, 0.717) is 12.5 Å². The number of benzene rings is 2. The first-order valence-corrected chi connectivity index (χ1v) is 9.85. The molecule has 156 valence electrons. The molecule has 0 radical (unpaired) electrons. The summed E-state index contributed by atoms with van der Waals surface area (Å²) in [5.41, 5.74) is 1.35. The Morgan fingerprint density at radius 2 is 1.70 bits per heavy atom. The number of nitrogens with zero attached hydrogens (tertiary/aromatic N) is 1. The minimum Gasteiger partial charge on any atom is -0.452 e. The van der Waals surface area contributed by atoms with Gasteiger partial charge in [0.15, 0.2) is 6.61 Å². The monoisotopic (exact) mass is 408 g/mol. The molecule has 1 N–H and O–H groups in total. The molecule has 0 aromatic heterocycles. The van der Waals surface area contributed by atoms with Crippen LogP contribution in [0.2, 0.25) is 0 Å². The largest absolute Gasteiger partial charge is 0.452 e. The highest BCUT2D eigenvalue weighted by atomic mass is 16.5. The lowest BCUT2D eigenvalue weighted by Gasteiger charge is -2.13. The van der Waals surface area contributed by atoms with Gasteiger partial charge in [0.1, 0.15) is 0 Å². The van der Waals surface area contributed by atoms with E-state index in [1.165, 1.54) is 18.2 Å². The maximum Gasteiger partial charge on any atom is 0.338 e. The first-order chi connectivity index (χ1) is 14.4. The van der Waals surface area contributed by atoms with E-state index >= 15 is 0 Å². The quantitative estimate of drug-likeness (QED) is 0.536. The summed E-state index contributed by atoms with van der Waals surface area (Å²) < 4.78 is 5.03. The van der Waals surface area contributed by atoms with E-state index in [-0.39, 0.29) is 29.1 Å². The summed E-state index contributed by atoms with van der Waals surface area (Å²) in [6.07, 6.45) is 0.833. The minimum atomic E-state index is -0.724. The molecule has 2 aromatic rings. The van der Waals surface area contributed by atoms with Gasteiger partial charge in [-0.3, -0.25) is 19.3 Å². The smallest absolute Gasteiger partial charge is 0.338 e. The molecule has 30 heavy (non-hydrogen) atoms. The van der Waals surface area contributed by atoms with Gasteiger partial charge in [0.2, 0.25) is 0 Å². The molecule has 0 saturated heterocycles. The van der Waals surface area contributed by atoms with Crippen LogP contribution < -0.4 is 5.32 Å². The van der Waals surface area contributed by atoms with Crippen LogP contribution in [0.15, 0.2) is 48.5 Å². The van der Waals surface area contributed by atoms with Gasteiger partial charge in [0.25, 0.3) is 17.7 Å². The second-order valence-corrected chi connectivity index (χ2v) is 7.55. The molecule has 3 rings (SSSR count). The van der Waals surface area contributed by atoms with Crippen molar-refractivity contribution in [3.63, 3.8) is 0 Å². The van der Waals surface area contributed by atoms with E-state index in [4.69, 9.17) is 4.74 Å². The van der Waals surface area contributed by atoms with E-state index in [9.17, 15) is 19.2 Å². The third-order valence-electron chi connectivity index (χ3n) is 4.77. The highest BCUT2D eigenvalue weighted by Crippen LogP contribution is 2.26. The van der Waals surface area contributed by atoms with Crippen LogP contribution in [-0.4, -0.2) is 41.7 Å². The Hall–Kier alpha value is -3.48. The third kappa shape index (κ3) is 4.92. The zero-order chi connectivity index (χ0) is 21.7. The van der Waals surface area contributed by atoms with E-state index in [1.54, 1.807) is 0 Å².